The normalized spacial score (nSPS) is 16.1. The number of amides is 1. The van der Waals surface area contributed by atoms with Gasteiger partial charge in [-0.3, -0.25) is 0 Å². The number of alkyl halides is 2. The molecule has 1 N–H and O–H groups in total. The van der Waals surface area contributed by atoms with Gasteiger partial charge in [0.2, 0.25) is 0 Å². The quantitative estimate of drug-likeness (QED) is 0.285. The molecule has 37 heavy (non-hydrogen) atoms. The molecule has 0 bridgehead atoms. The van der Waals surface area contributed by atoms with Crippen LogP contribution in [-0.4, -0.2) is 35.0 Å². The summed E-state index contributed by atoms with van der Waals surface area (Å²) in [6.07, 6.45) is 1.83. The number of rotatable bonds is 8. The first-order chi connectivity index (χ1) is 18.0. The molecular weight excluding hydrogens is 714 g/mol. The molecule has 1 atom stereocenters. The first-order valence-corrected chi connectivity index (χ1v) is 18.5. The number of carbonyl (C=O) groups is 1. The Kier molecular flexibility index (Phi) is 8.31. The average molecular weight is 744 g/mol. The molecule has 0 aliphatic carbocycles. The van der Waals surface area contributed by atoms with E-state index < -0.39 is 0 Å². The van der Waals surface area contributed by atoms with Crippen LogP contribution in [0.1, 0.15) is 39.5 Å². The van der Waals surface area contributed by atoms with Gasteiger partial charge in [0.1, 0.15) is 0 Å². The standard InChI is InChI=1S/C29H30ClI2N2O3/c1-5-21-27(31-2)18(14-30)10-19(28(21)32-3)16-37-26-13-23-22(12-25(26)36-4)29(35)34-20(15-33-23)11-17-8-6-7-9-24(17)34/h6-10,12-13,20,33H,2,5,11,14-16H2,1,3-4H3/q-1/t20-/m0/s1. The second kappa shape index (κ2) is 11.5. The Morgan fingerprint density at radius 3 is 2.73 bits per heavy atom. The molecule has 0 fully saturated rings. The van der Waals surface area contributed by atoms with E-state index in [0.29, 0.717) is 36.1 Å². The van der Waals surface area contributed by atoms with Crippen LogP contribution >= 0.6 is 32.3 Å². The number of para-hydroxylation sites is 1. The molecule has 5 rings (SSSR count). The summed E-state index contributed by atoms with van der Waals surface area (Å²) in [4.78, 5) is 17.9. The van der Waals surface area contributed by atoms with E-state index in [1.165, 1.54) is 29.4 Å². The number of benzene rings is 3. The molecule has 1 amide bonds. The van der Waals surface area contributed by atoms with Gasteiger partial charge in [0, 0.05) is 0 Å². The Bertz CT molecular complexity index is 1380. The van der Waals surface area contributed by atoms with Crippen LogP contribution in [0.3, 0.4) is 0 Å². The van der Waals surface area contributed by atoms with E-state index in [4.69, 9.17) is 21.1 Å². The van der Waals surface area contributed by atoms with Crippen LogP contribution in [0.2, 0.25) is 0 Å². The van der Waals surface area contributed by atoms with Gasteiger partial charge in [0.15, 0.2) is 0 Å². The van der Waals surface area contributed by atoms with Gasteiger partial charge in [-0.2, -0.15) is 0 Å². The first-order valence-electron chi connectivity index (χ1n) is 12.2. The van der Waals surface area contributed by atoms with Crippen molar-refractivity contribution in [3.8, 4) is 11.5 Å². The van der Waals surface area contributed by atoms with E-state index >= 15 is 0 Å². The molecule has 0 radical (unpaired) electrons. The van der Waals surface area contributed by atoms with Gasteiger partial charge in [-0.15, -0.1) is 0 Å². The topological polar surface area (TPSA) is 50.8 Å². The maximum absolute atomic E-state index is 13.7. The van der Waals surface area contributed by atoms with Crippen molar-refractivity contribution < 1.29 is 35.5 Å². The Morgan fingerprint density at radius 1 is 1.22 bits per heavy atom. The number of hydrogen-bond donors (Lipinski definition) is 1. The molecule has 2 aliphatic rings. The van der Waals surface area contributed by atoms with Crippen molar-refractivity contribution in [3.05, 3.63) is 77.4 Å². The van der Waals surface area contributed by atoms with Gasteiger partial charge >= 0.3 is 227 Å². The van der Waals surface area contributed by atoms with Crippen LogP contribution in [-0.2, 0) is 25.3 Å². The molecule has 5 nitrogen and oxygen atoms in total. The number of nitrogens with zero attached hydrogens (tertiary/aromatic N) is 1. The maximum atomic E-state index is 13.7. The molecule has 196 valence electrons. The SMILES string of the molecule is C=Ic1c(CCl)cc(COc2cc3c(cc2OC)C(=O)N2c4ccccc4C[C@H]2CN3)c([I-]C)c1CC. The third kappa shape index (κ3) is 4.87. The average Bonchev–Trinajstić information content (AvgIpc) is 3.25. The van der Waals surface area contributed by atoms with E-state index in [0.717, 1.165) is 24.2 Å². The molecule has 0 unspecified atom stereocenters. The monoisotopic (exact) mass is 743 g/mol. The predicted octanol–water partition coefficient (Wildman–Crippen LogP) is 3.03. The van der Waals surface area contributed by atoms with Crippen LogP contribution in [0.25, 0.3) is 0 Å². The molecule has 0 saturated heterocycles. The second-order valence-electron chi connectivity index (χ2n) is 8.99. The number of hydrogen-bond acceptors (Lipinski definition) is 4. The molecule has 0 saturated carbocycles. The number of carbonyl (C=O) groups excluding carboxylic acids is 1. The molecule has 2 aliphatic heterocycles. The Hall–Kier alpha value is -1.85. The fraction of sp³-hybridized carbons (Fsp3) is 0.310. The van der Waals surface area contributed by atoms with E-state index in [1.54, 1.807) is 7.11 Å². The summed E-state index contributed by atoms with van der Waals surface area (Å²) in [5, 5.41) is 3.51. The molecule has 0 aromatic heterocycles. The van der Waals surface area contributed by atoms with E-state index in [1.807, 2.05) is 35.2 Å². The molecule has 0 spiro atoms. The van der Waals surface area contributed by atoms with Crippen molar-refractivity contribution in [1.29, 1.82) is 0 Å². The minimum absolute atomic E-state index is 0.00998. The molecular formula is C29H30ClI2N2O3-. The first kappa shape index (κ1) is 26.7. The van der Waals surface area contributed by atoms with Crippen molar-refractivity contribution in [2.24, 2.45) is 0 Å². The number of ether oxygens (including phenoxy) is 2. The predicted molar refractivity (Wildman–Crippen MR) is 156 cm³/mol. The zero-order chi connectivity index (χ0) is 26.1. The summed E-state index contributed by atoms with van der Waals surface area (Å²) in [5.41, 5.74) is 7.40. The van der Waals surface area contributed by atoms with Crippen molar-refractivity contribution in [2.45, 2.75) is 38.3 Å². The van der Waals surface area contributed by atoms with Crippen LogP contribution in [0.5, 0.6) is 11.5 Å². The number of methoxy groups -OCH3 is 1. The third-order valence-corrected chi connectivity index (χ3v) is 11.8. The molecule has 2 heterocycles. The van der Waals surface area contributed by atoms with E-state index in [-0.39, 0.29) is 53.9 Å². The van der Waals surface area contributed by atoms with Crippen molar-refractivity contribution in [3.63, 3.8) is 0 Å². The number of anilines is 2. The summed E-state index contributed by atoms with van der Waals surface area (Å²) in [7, 11) is 1.62. The van der Waals surface area contributed by atoms with E-state index in [2.05, 4.69) is 33.8 Å². The molecule has 8 heteroatoms. The minimum atomic E-state index is -0.301. The fourth-order valence-corrected chi connectivity index (χ4v) is 10.5. The van der Waals surface area contributed by atoms with Gasteiger partial charge in [0.05, 0.1) is 0 Å². The summed E-state index contributed by atoms with van der Waals surface area (Å²) in [5.74, 6) is 1.66. The Balaban J connectivity index is 1.48. The van der Waals surface area contributed by atoms with Crippen molar-refractivity contribution in [2.75, 3.05) is 28.8 Å². The van der Waals surface area contributed by atoms with Crippen LogP contribution in [0.15, 0.2) is 42.5 Å². The summed E-state index contributed by atoms with van der Waals surface area (Å²) >= 11 is 5.90. The number of fused-ring (bicyclic) bond motifs is 4. The summed E-state index contributed by atoms with van der Waals surface area (Å²) in [6.45, 7) is 3.32. The Morgan fingerprint density at radius 2 is 2.03 bits per heavy atom. The number of halogens is 3. The van der Waals surface area contributed by atoms with Gasteiger partial charge in [-0.1, -0.05) is 18.2 Å². The van der Waals surface area contributed by atoms with Crippen molar-refractivity contribution in [1.82, 2.24) is 0 Å². The van der Waals surface area contributed by atoms with Crippen LogP contribution < -0.4 is 40.9 Å². The zero-order valence-corrected chi connectivity index (χ0v) is 26.2. The molecule has 3 aromatic carbocycles. The van der Waals surface area contributed by atoms with Crippen molar-refractivity contribution >= 4 is 54.1 Å². The number of nitrogens with one attached hydrogen (secondary N) is 1. The second-order valence-corrected chi connectivity index (χ2v) is 13.3. The summed E-state index contributed by atoms with van der Waals surface area (Å²) in [6, 6.07) is 14.2. The fourth-order valence-electron chi connectivity index (χ4n) is 5.30. The van der Waals surface area contributed by atoms with Gasteiger partial charge in [-0.05, 0) is 0 Å². The zero-order valence-electron chi connectivity index (χ0n) is 21.2. The van der Waals surface area contributed by atoms with Gasteiger partial charge in [-0.25, -0.2) is 0 Å². The van der Waals surface area contributed by atoms with Crippen LogP contribution in [0, 0.1) is 7.14 Å². The molecule has 3 aromatic rings. The van der Waals surface area contributed by atoms with Crippen LogP contribution in [0.4, 0.5) is 11.4 Å². The Labute approximate surface area is 243 Å². The third-order valence-electron chi connectivity index (χ3n) is 7.00. The van der Waals surface area contributed by atoms with E-state index in [9.17, 15) is 4.79 Å². The van der Waals surface area contributed by atoms with Gasteiger partial charge < -0.3 is 0 Å². The van der Waals surface area contributed by atoms with Gasteiger partial charge in [0.25, 0.3) is 0 Å². The summed E-state index contributed by atoms with van der Waals surface area (Å²) < 4.78 is 19.2.